The number of thioether (sulfide) groups is 1. The molecule has 3 aromatic rings. The van der Waals surface area contributed by atoms with Gasteiger partial charge >= 0.3 is 0 Å². The molecule has 6 rings (SSSR count). The molecular formula is C30H32N4O3S3. The summed E-state index contributed by atoms with van der Waals surface area (Å²) in [5, 5.41) is 4.88. The van der Waals surface area contributed by atoms with E-state index in [-0.39, 0.29) is 16.8 Å². The molecule has 0 unspecified atom stereocenters. The fourth-order valence-corrected chi connectivity index (χ4v) is 8.72. The summed E-state index contributed by atoms with van der Waals surface area (Å²) in [6, 6.07) is 16.9. The highest BCUT2D eigenvalue weighted by Crippen LogP contribution is 2.39. The highest BCUT2D eigenvalue weighted by molar-refractivity contribution is 8.26. The van der Waals surface area contributed by atoms with E-state index in [4.69, 9.17) is 17.3 Å². The number of thiocarbonyl (C=S) groups is 1. The lowest BCUT2D eigenvalue weighted by Gasteiger charge is -2.29. The number of para-hydroxylation sites is 1. The SMILES string of the molecule is O=C1C(=Cc2cn(-c3ccccc3)nc2-c2cccc(S(=O)(=O)N3CCCCC3)c2)SC(=S)N1C1CCCCC1. The summed E-state index contributed by atoms with van der Waals surface area (Å²) in [6.45, 7) is 1.09. The second kappa shape index (κ2) is 11.6. The zero-order valence-electron chi connectivity index (χ0n) is 22.2. The molecule has 0 radical (unpaired) electrons. The minimum atomic E-state index is -3.61. The first kappa shape index (κ1) is 27.4. The number of hydrogen-bond donors (Lipinski definition) is 0. The number of rotatable bonds is 6. The van der Waals surface area contributed by atoms with Crippen LogP contribution < -0.4 is 0 Å². The number of hydrogen-bond acceptors (Lipinski definition) is 6. The minimum absolute atomic E-state index is 0.0539. The normalized spacial score (nSPS) is 20.5. The lowest BCUT2D eigenvalue weighted by molar-refractivity contribution is -0.124. The van der Waals surface area contributed by atoms with Crippen molar-refractivity contribution in [2.45, 2.75) is 62.3 Å². The van der Waals surface area contributed by atoms with E-state index in [1.807, 2.05) is 48.7 Å². The van der Waals surface area contributed by atoms with Crippen molar-refractivity contribution in [3.8, 4) is 16.9 Å². The lowest BCUT2D eigenvalue weighted by atomic mass is 9.94. The Morgan fingerprint density at radius 3 is 2.40 bits per heavy atom. The van der Waals surface area contributed by atoms with Crippen LogP contribution in [-0.4, -0.2) is 56.8 Å². The molecule has 40 heavy (non-hydrogen) atoms. The third-order valence-corrected chi connectivity index (χ3v) is 11.1. The summed E-state index contributed by atoms with van der Waals surface area (Å²) in [5.41, 5.74) is 2.90. The maximum Gasteiger partial charge on any atom is 0.266 e. The third kappa shape index (κ3) is 5.42. The molecule has 3 fully saturated rings. The zero-order valence-corrected chi connectivity index (χ0v) is 24.7. The number of sulfonamides is 1. The summed E-state index contributed by atoms with van der Waals surface area (Å²) in [4.78, 5) is 16.2. The van der Waals surface area contributed by atoms with Crippen molar-refractivity contribution in [3.63, 3.8) is 0 Å². The van der Waals surface area contributed by atoms with Gasteiger partial charge in [0, 0.05) is 36.5 Å². The first-order valence-electron chi connectivity index (χ1n) is 13.9. The molecule has 208 valence electrons. The molecule has 1 aromatic heterocycles. The highest BCUT2D eigenvalue weighted by atomic mass is 32.2. The highest BCUT2D eigenvalue weighted by Gasteiger charge is 2.37. The van der Waals surface area contributed by atoms with Crippen molar-refractivity contribution in [2.75, 3.05) is 13.1 Å². The van der Waals surface area contributed by atoms with Gasteiger partial charge in [0.2, 0.25) is 10.0 Å². The molecule has 1 amide bonds. The third-order valence-electron chi connectivity index (χ3n) is 7.87. The van der Waals surface area contributed by atoms with Crippen molar-refractivity contribution in [1.29, 1.82) is 0 Å². The van der Waals surface area contributed by atoms with E-state index in [2.05, 4.69) is 0 Å². The molecule has 3 aliphatic rings. The van der Waals surface area contributed by atoms with E-state index in [1.54, 1.807) is 32.1 Å². The van der Waals surface area contributed by atoms with Crippen LogP contribution in [0.4, 0.5) is 0 Å². The minimum Gasteiger partial charge on any atom is -0.290 e. The molecule has 10 heteroatoms. The van der Waals surface area contributed by atoms with Gasteiger partial charge in [0.25, 0.3) is 5.91 Å². The molecule has 0 N–H and O–H groups in total. The van der Waals surface area contributed by atoms with Crippen molar-refractivity contribution in [1.82, 2.24) is 19.0 Å². The number of carbonyl (C=O) groups excluding carboxylic acids is 1. The molecule has 3 heterocycles. The molecule has 2 aromatic carbocycles. The molecule has 0 atom stereocenters. The van der Waals surface area contributed by atoms with E-state index in [0.717, 1.165) is 56.2 Å². The summed E-state index contributed by atoms with van der Waals surface area (Å²) in [7, 11) is -3.61. The summed E-state index contributed by atoms with van der Waals surface area (Å²) < 4.78 is 30.9. The van der Waals surface area contributed by atoms with E-state index < -0.39 is 10.0 Å². The van der Waals surface area contributed by atoms with Gasteiger partial charge in [-0.2, -0.15) is 9.40 Å². The Hall–Kier alpha value is -2.79. The van der Waals surface area contributed by atoms with Gasteiger partial charge < -0.3 is 0 Å². The van der Waals surface area contributed by atoms with Gasteiger partial charge in [-0.1, -0.05) is 80.0 Å². The van der Waals surface area contributed by atoms with Crippen molar-refractivity contribution in [2.24, 2.45) is 0 Å². The van der Waals surface area contributed by atoms with Gasteiger partial charge in [-0.05, 0) is 56.0 Å². The van der Waals surface area contributed by atoms with Crippen LogP contribution in [0.1, 0.15) is 56.9 Å². The van der Waals surface area contributed by atoms with Crippen molar-refractivity contribution >= 4 is 50.3 Å². The molecule has 2 aliphatic heterocycles. The maximum atomic E-state index is 13.5. The second-order valence-electron chi connectivity index (χ2n) is 10.5. The Morgan fingerprint density at radius 2 is 1.65 bits per heavy atom. The van der Waals surface area contributed by atoms with E-state index >= 15 is 0 Å². The van der Waals surface area contributed by atoms with Crippen LogP contribution >= 0.6 is 24.0 Å². The van der Waals surface area contributed by atoms with Gasteiger partial charge in [-0.3, -0.25) is 9.69 Å². The van der Waals surface area contributed by atoms with Crippen LogP contribution in [0.15, 0.2) is 70.6 Å². The van der Waals surface area contributed by atoms with E-state index in [0.29, 0.717) is 33.6 Å². The quantitative estimate of drug-likeness (QED) is 0.249. The standard InChI is InChI=1S/C30H32N4O3S3/c35-29-27(39-30(38)34(29)25-14-6-2-7-15-25)20-23-21-33(24-12-4-1-5-13-24)31-28(23)22-11-10-16-26(19-22)40(36,37)32-17-8-3-9-18-32/h1,4-5,10-13,16,19-21,25H,2-3,6-9,14-15,17-18H2. The molecule has 0 bridgehead atoms. The first-order valence-corrected chi connectivity index (χ1v) is 16.6. The van der Waals surface area contributed by atoms with Gasteiger partial charge in [0.1, 0.15) is 10.0 Å². The Kier molecular flexibility index (Phi) is 7.94. The Morgan fingerprint density at radius 1 is 0.925 bits per heavy atom. The van der Waals surface area contributed by atoms with Crippen LogP contribution in [0.2, 0.25) is 0 Å². The summed E-state index contributed by atoms with van der Waals surface area (Å²) >= 11 is 6.99. The Bertz CT molecular complexity index is 1550. The topological polar surface area (TPSA) is 75.5 Å². The van der Waals surface area contributed by atoms with Crippen LogP contribution in [0.25, 0.3) is 23.0 Å². The number of benzene rings is 2. The largest absolute Gasteiger partial charge is 0.290 e. The molecule has 7 nitrogen and oxygen atoms in total. The number of aromatic nitrogens is 2. The smallest absolute Gasteiger partial charge is 0.266 e. The summed E-state index contributed by atoms with van der Waals surface area (Å²) in [5.74, 6) is -0.0539. The molecule has 1 saturated carbocycles. The fourth-order valence-electron chi connectivity index (χ4n) is 5.76. The zero-order chi connectivity index (χ0) is 27.7. The Balaban J connectivity index is 1.39. The second-order valence-corrected chi connectivity index (χ2v) is 14.2. The summed E-state index contributed by atoms with van der Waals surface area (Å²) in [6.07, 6.45) is 12.0. The molecule has 0 spiro atoms. The predicted molar refractivity (Wildman–Crippen MR) is 163 cm³/mol. The maximum absolute atomic E-state index is 13.5. The van der Waals surface area contributed by atoms with Crippen LogP contribution in [-0.2, 0) is 14.8 Å². The van der Waals surface area contributed by atoms with Gasteiger partial charge in [0.15, 0.2) is 0 Å². The first-order chi connectivity index (χ1) is 19.4. The molecular weight excluding hydrogens is 561 g/mol. The average molecular weight is 593 g/mol. The van der Waals surface area contributed by atoms with Gasteiger partial charge in [-0.15, -0.1) is 0 Å². The van der Waals surface area contributed by atoms with E-state index in [9.17, 15) is 13.2 Å². The fraction of sp³-hybridized carbons (Fsp3) is 0.367. The monoisotopic (exact) mass is 592 g/mol. The van der Waals surface area contributed by atoms with Crippen molar-refractivity contribution in [3.05, 3.63) is 71.3 Å². The number of amides is 1. The van der Waals surface area contributed by atoms with Gasteiger partial charge in [-0.25, -0.2) is 13.1 Å². The van der Waals surface area contributed by atoms with E-state index in [1.165, 1.54) is 18.2 Å². The molecule has 1 aliphatic carbocycles. The van der Waals surface area contributed by atoms with Crippen LogP contribution in [0.3, 0.4) is 0 Å². The number of carbonyl (C=O) groups is 1. The average Bonchev–Trinajstić information content (AvgIpc) is 3.54. The van der Waals surface area contributed by atoms with Crippen LogP contribution in [0, 0.1) is 0 Å². The number of piperidine rings is 1. The number of nitrogens with zero attached hydrogens (tertiary/aromatic N) is 4. The lowest BCUT2D eigenvalue weighted by Crippen LogP contribution is -2.39. The van der Waals surface area contributed by atoms with Gasteiger partial charge in [0.05, 0.1) is 15.5 Å². The molecule has 2 saturated heterocycles. The van der Waals surface area contributed by atoms with Crippen LogP contribution in [0.5, 0.6) is 0 Å². The van der Waals surface area contributed by atoms with Crippen molar-refractivity contribution < 1.29 is 13.2 Å². The predicted octanol–water partition coefficient (Wildman–Crippen LogP) is 6.25. The Labute approximate surface area is 245 Å².